The van der Waals surface area contributed by atoms with E-state index >= 15 is 0 Å². The minimum Gasteiger partial charge on any atom is -0.382 e. The predicted octanol–water partition coefficient (Wildman–Crippen LogP) is 1.83. The lowest BCUT2D eigenvalue weighted by Crippen LogP contribution is -2.44. The first kappa shape index (κ1) is 11.3. The van der Waals surface area contributed by atoms with E-state index in [4.69, 9.17) is 5.73 Å². The number of benzene rings is 1. The van der Waals surface area contributed by atoms with Crippen molar-refractivity contribution in [3.63, 3.8) is 0 Å². The van der Waals surface area contributed by atoms with Crippen molar-refractivity contribution in [3.8, 4) is 0 Å². The summed E-state index contributed by atoms with van der Waals surface area (Å²) in [5.41, 5.74) is 8.23. The molecule has 4 nitrogen and oxygen atoms in total. The molecule has 0 atom stereocenters. The molecule has 94 valence electrons. The van der Waals surface area contributed by atoms with Crippen LogP contribution in [0.4, 0.5) is 5.69 Å². The van der Waals surface area contributed by atoms with Crippen LogP contribution in [0.25, 0.3) is 0 Å². The van der Waals surface area contributed by atoms with Gasteiger partial charge in [-0.25, -0.2) is 0 Å². The Kier molecular flexibility index (Phi) is 3.02. The Hall–Kier alpha value is -1.81. The molecule has 18 heavy (non-hydrogen) atoms. The van der Waals surface area contributed by atoms with Gasteiger partial charge in [-0.3, -0.25) is 4.68 Å². The third-order valence-corrected chi connectivity index (χ3v) is 3.38. The summed E-state index contributed by atoms with van der Waals surface area (Å²) in [7, 11) is 0. The van der Waals surface area contributed by atoms with E-state index < -0.39 is 0 Å². The van der Waals surface area contributed by atoms with Crippen LogP contribution in [0.1, 0.15) is 18.4 Å². The summed E-state index contributed by atoms with van der Waals surface area (Å²) in [6.07, 6.45) is 5.93. The van der Waals surface area contributed by atoms with Crippen molar-refractivity contribution >= 4 is 5.69 Å². The van der Waals surface area contributed by atoms with Gasteiger partial charge in [0.2, 0.25) is 0 Å². The minimum absolute atomic E-state index is 0.384. The standard InChI is InChI=1S/C14H18N4/c15-12-8-14(9-12)17-13-4-1-3-11(7-13)10-18-6-2-5-16-18/h1-7,12,14,17H,8-10,15H2. The quantitative estimate of drug-likeness (QED) is 0.860. The van der Waals surface area contributed by atoms with Gasteiger partial charge < -0.3 is 11.1 Å². The number of anilines is 1. The van der Waals surface area contributed by atoms with Crippen LogP contribution in [0.15, 0.2) is 42.7 Å². The fourth-order valence-electron chi connectivity index (χ4n) is 2.36. The molecule has 1 fully saturated rings. The highest BCUT2D eigenvalue weighted by molar-refractivity contribution is 5.47. The molecule has 0 radical (unpaired) electrons. The van der Waals surface area contributed by atoms with Gasteiger partial charge in [0.05, 0.1) is 6.54 Å². The second kappa shape index (κ2) is 4.82. The molecule has 1 aliphatic rings. The van der Waals surface area contributed by atoms with Crippen LogP contribution >= 0.6 is 0 Å². The molecule has 1 saturated carbocycles. The highest BCUT2D eigenvalue weighted by Crippen LogP contribution is 2.23. The first-order chi connectivity index (χ1) is 8.79. The van der Waals surface area contributed by atoms with Gasteiger partial charge in [0.1, 0.15) is 0 Å². The van der Waals surface area contributed by atoms with E-state index in [0.717, 1.165) is 19.4 Å². The number of rotatable bonds is 4. The topological polar surface area (TPSA) is 55.9 Å². The van der Waals surface area contributed by atoms with E-state index in [2.05, 4.69) is 34.7 Å². The number of nitrogens with zero attached hydrogens (tertiary/aromatic N) is 2. The number of nitrogens with one attached hydrogen (secondary N) is 1. The van der Waals surface area contributed by atoms with Crippen LogP contribution in [-0.2, 0) is 6.54 Å². The molecular formula is C14H18N4. The third-order valence-electron chi connectivity index (χ3n) is 3.38. The first-order valence-corrected chi connectivity index (χ1v) is 6.38. The SMILES string of the molecule is NC1CC(Nc2cccc(Cn3cccn3)c2)C1. The molecule has 1 aromatic carbocycles. The Morgan fingerprint density at radius 1 is 1.33 bits per heavy atom. The second-order valence-electron chi connectivity index (χ2n) is 4.98. The van der Waals surface area contributed by atoms with Crippen molar-refractivity contribution in [2.24, 2.45) is 5.73 Å². The summed E-state index contributed by atoms with van der Waals surface area (Å²) >= 11 is 0. The van der Waals surface area contributed by atoms with E-state index in [1.54, 1.807) is 6.20 Å². The summed E-state index contributed by atoms with van der Waals surface area (Å²) in [5, 5.41) is 7.74. The van der Waals surface area contributed by atoms with Crippen LogP contribution < -0.4 is 11.1 Å². The predicted molar refractivity (Wildman–Crippen MR) is 72.4 cm³/mol. The lowest BCUT2D eigenvalue weighted by Gasteiger charge is -2.33. The van der Waals surface area contributed by atoms with Gasteiger partial charge in [0.15, 0.2) is 0 Å². The van der Waals surface area contributed by atoms with Crippen LogP contribution in [0.2, 0.25) is 0 Å². The third kappa shape index (κ3) is 2.54. The van der Waals surface area contributed by atoms with Crippen LogP contribution in [0, 0.1) is 0 Å². The summed E-state index contributed by atoms with van der Waals surface area (Å²) in [6.45, 7) is 0.812. The zero-order valence-corrected chi connectivity index (χ0v) is 10.3. The van der Waals surface area contributed by atoms with E-state index in [1.165, 1.54) is 11.3 Å². The fraction of sp³-hybridized carbons (Fsp3) is 0.357. The number of aromatic nitrogens is 2. The summed E-state index contributed by atoms with van der Waals surface area (Å²) < 4.78 is 1.93. The molecule has 1 aliphatic carbocycles. The molecule has 0 unspecified atom stereocenters. The second-order valence-corrected chi connectivity index (χ2v) is 4.98. The minimum atomic E-state index is 0.384. The lowest BCUT2D eigenvalue weighted by atomic mass is 9.87. The Bertz CT molecular complexity index is 500. The molecular weight excluding hydrogens is 224 g/mol. The zero-order chi connectivity index (χ0) is 12.4. The van der Waals surface area contributed by atoms with E-state index in [0.29, 0.717) is 12.1 Å². The van der Waals surface area contributed by atoms with Gasteiger partial charge in [-0.05, 0) is 36.6 Å². The van der Waals surface area contributed by atoms with Gasteiger partial charge in [0.25, 0.3) is 0 Å². The average molecular weight is 242 g/mol. The average Bonchev–Trinajstić information content (AvgIpc) is 2.80. The Labute approximate surface area is 107 Å². The maximum atomic E-state index is 5.79. The van der Waals surface area contributed by atoms with Crippen molar-refractivity contribution in [2.75, 3.05) is 5.32 Å². The molecule has 4 heteroatoms. The van der Waals surface area contributed by atoms with Gasteiger partial charge in [-0.2, -0.15) is 5.10 Å². The zero-order valence-electron chi connectivity index (χ0n) is 10.3. The maximum Gasteiger partial charge on any atom is 0.0660 e. The molecule has 0 spiro atoms. The van der Waals surface area contributed by atoms with Gasteiger partial charge in [0, 0.05) is 30.2 Å². The van der Waals surface area contributed by atoms with Crippen LogP contribution in [0.5, 0.6) is 0 Å². The van der Waals surface area contributed by atoms with Crippen LogP contribution in [-0.4, -0.2) is 21.9 Å². The molecule has 0 amide bonds. The number of hydrogen-bond acceptors (Lipinski definition) is 3. The normalized spacial score (nSPS) is 22.5. The molecule has 1 aromatic heterocycles. The monoisotopic (exact) mass is 242 g/mol. The van der Waals surface area contributed by atoms with Crippen LogP contribution in [0.3, 0.4) is 0 Å². The number of hydrogen-bond donors (Lipinski definition) is 2. The molecule has 0 aliphatic heterocycles. The molecule has 3 rings (SSSR count). The molecule has 0 bridgehead atoms. The lowest BCUT2D eigenvalue weighted by molar-refractivity contribution is 0.373. The maximum absolute atomic E-state index is 5.79. The summed E-state index contributed by atoms with van der Waals surface area (Å²) in [5.74, 6) is 0. The summed E-state index contributed by atoms with van der Waals surface area (Å²) in [4.78, 5) is 0. The highest BCUT2D eigenvalue weighted by atomic mass is 15.3. The molecule has 2 aromatic rings. The Balaban J connectivity index is 1.65. The molecule has 1 heterocycles. The highest BCUT2D eigenvalue weighted by Gasteiger charge is 2.25. The number of nitrogens with two attached hydrogens (primary N) is 1. The van der Waals surface area contributed by atoms with Gasteiger partial charge in [-0.1, -0.05) is 12.1 Å². The van der Waals surface area contributed by atoms with Crippen molar-refractivity contribution in [2.45, 2.75) is 31.5 Å². The van der Waals surface area contributed by atoms with E-state index in [9.17, 15) is 0 Å². The molecule has 0 saturated heterocycles. The first-order valence-electron chi connectivity index (χ1n) is 6.38. The van der Waals surface area contributed by atoms with Crippen molar-refractivity contribution in [3.05, 3.63) is 48.3 Å². The molecule has 3 N–H and O–H groups in total. The largest absolute Gasteiger partial charge is 0.382 e. The van der Waals surface area contributed by atoms with Crippen molar-refractivity contribution in [1.29, 1.82) is 0 Å². The Morgan fingerprint density at radius 3 is 2.94 bits per heavy atom. The van der Waals surface area contributed by atoms with Gasteiger partial charge >= 0.3 is 0 Å². The van der Waals surface area contributed by atoms with Gasteiger partial charge in [-0.15, -0.1) is 0 Å². The van der Waals surface area contributed by atoms with E-state index in [1.807, 2.05) is 16.9 Å². The van der Waals surface area contributed by atoms with Crippen molar-refractivity contribution in [1.82, 2.24) is 9.78 Å². The van der Waals surface area contributed by atoms with E-state index in [-0.39, 0.29) is 0 Å². The van der Waals surface area contributed by atoms with Crippen molar-refractivity contribution < 1.29 is 0 Å². The summed E-state index contributed by atoms with van der Waals surface area (Å²) in [6, 6.07) is 11.4. The Morgan fingerprint density at radius 2 is 2.22 bits per heavy atom. The smallest absolute Gasteiger partial charge is 0.0660 e. The fourth-order valence-corrected chi connectivity index (χ4v) is 2.36.